The highest BCUT2D eigenvalue weighted by Gasteiger charge is 2.16. The van der Waals surface area contributed by atoms with Gasteiger partial charge in [0.15, 0.2) is 0 Å². The zero-order valence-electron chi connectivity index (χ0n) is 13.4. The Morgan fingerprint density at radius 2 is 1.96 bits per heavy atom. The van der Waals surface area contributed by atoms with E-state index < -0.39 is 0 Å². The lowest BCUT2D eigenvalue weighted by atomic mass is 10.2. The van der Waals surface area contributed by atoms with Crippen LogP contribution in [-0.4, -0.2) is 27.6 Å². The van der Waals surface area contributed by atoms with Crippen molar-refractivity contribution in [3.05, 3.63) is 57.6 Å². The Hall–Kier alpha value is -2.40. The van der Waals surface area contributed by atoms with Crippen molar-refractivity contribution in [2.45, 2.75) is 19.8 Å². The summed E-state index contributed by atoms with van der Waals surface area (Å²) in [4.78, 5) is 24.0. The molecular formula is C18H17ClN4O. The molecule has 0 unspecified atom stereocenters. The van der Waals surface area contributed by atoms with Crippen molar-refractivity contribution in [3.8, 4) is 5.69 Å². The van der Waals surface area contributed by atoms with Crippen LogP contribution in [0, 0.1) is 6.92 Å². The van der Waals surface area contributed by atoms with E-state index in [1.807, 2.05) is 25.1 Å². The number of hydrogen-bond acceptors (Lipinski definition) is 4. The van der Waals surface area contributed by atoms with Crippen LogP contribution in [0.4, 0.5) is 5.95 Å². The van der Waals surface area contributed by atoms with Crippen LogP contribution in [0.25, 0.3) is 16.6 Å². The number of aryl methyl sites for hydroxylation is 1. The average Bonchev–Trinajstić information content (AvgIpc) is 3.12. The van der Waals surface area contributed by atoms with Gasteiger partial charge in [0, 0.05) is 30.5 Å². The zero-order chi connectivity index (χ0) is 16.7. The molecule has 0 saturated carbocycles. The van der Waals surface area contributed by atoms with Crippen LogP contribution >= 0.6 is 11.6 Å². The van der Waals surface area contributed by atoms with Gasteiger partial charge in [-0.25, -0.2) is 9.97 Å². The van der Waals surface area contributed by atoms with Gasteiger partial charge in [-0.3, -0.25) is 9.36 Å². The molecule has 1 aliphatic heterocycles. The fourth-order valence-corrected chi connectivity index (χ4v) is 3.29. The van der Waals surface area contributed by atoms with E-state index in [4.69, 9.17) is 11.6 Å². The molecule has 1 fully saturated rings. The van der Waals surface area contributed by atoms with Crippen LogP contribution in [0.3, 0.4) is 0 Å². The van der Waals surface area contributed by atoms with E-state index in [0.29, 0.717) is 21.9 Å². The first-order chi connectivity index (χ1) is 11.6. The van der Waals surface area contributed by atoms with Crippen molar-refractivity contribution < 1.29 is 0 Å². The van der Waals surface area contributed by atoms with Gasteiger partial charge < -0.3 is 4.90 Å². The van der Waals surface area contributed by atoms with E-state index in [1.54, 1.807) is 23.0 Å². The van der Waals surface area contributed by atoms with Crippen LogP contribution in [0.5, 0.6) is 0 Å². The highest BCUT2D eigenvalue weighted by molar-refractivity contribution is 6.30. The van der Waals surface area contributed by atoms with Gasteiger partial charge >= 0.3 is 0 Å². The zero-order valence-corrected chi connectivity index (χ0v) is 14.1. The third kappa shape index (κ3) is 2.55. The molecule has 5 nitrogen and oxygen atoms in total. The molecule has 1 saturated heterocycles. The monoisotopic (exact) mass is 340 g/mol. The SMILES string of the molecule is Cc1ccc(Cl)cc1-n1ccc2nc(N3CCCC3)ncc2c1=O. The first kappa shape index (κ1) is 15.1. The molecule has 0 spiro atoms. The van der Waals surface area contributed by atoms with E-state index >= 15 is 0 Å². The number of nitrogens with zero attached hydrogens (tertiary/aromatic N) is 4. The summed E-state index contributed by atoms with van der Waals surface area (Å²) < 4.78 is 1.60. The van der Waals surface area contributed by atoms with Crippen LogP contribution in [0.1, 0.15) is 18.4 Å². The number of rotatable bonds is 2. The smallest absolute Gasteiger partial charge is 0.266 e. The summed E-state index contributed by atoms with van der Waals surface area (Å²) in [5.41, 5.74) is 2.30. The first-order valence-corrected chi connectivity index (χ1v) is 8.41. The topological polar surface area (TPSA) is 51.0 Å². The maximum atomic E-state index is 12.9. The predicted octanol–water partition coefficient (Wildman–Crippen LogP) is 3.34. The Kier molecular flexibility index (Phi) is 3.73. The van der Waals surface area contributed by atoms with Crippen molar-refractivity contribution in [1.82, 2.24) is 14.5 Å². The van der Waals surface area contributed by atoms with E-state index in [1.165, 1.54) is 0 Å². The minimum absolute atomic E-state index is 0.133. The highest BCUT2D eigenvalue weighted by Crippen LogP contribution is 2.21. The third-order valence-corrected chi connectivity index (χ3v) is 4.69. The number of anilines is 1. The summed E-state index contributed by atoms with van der Waals surface area (Å²) in [5.74, 6) is 0.705. The quantitative estimate of drug-likeness (QED) is 0.718. The summed E-state index contributed by atoms with van der Waals surface area (Å²) in [6.45, 7) is 3.91. The van der Waals surface area contributed by atoms with E-state index in [2.05, 4.69) is 14.9 Å². The minimum Gasteiger partial charge on any atom is -0.341 e. The third-order valence-electron chi connectivity index (χ3n) is 4.46. The van der Waals surface area contributed by atoms with E-state index in [0.717, 1.165) is 37.2 Å². The number of aromatic nitrogens is 3. The van der Waals surface area contributed by atoms with Crippen LogP contribution in [0.2, 0.25) is 5.02 Å². The lowest BCUT2D eigenvalue weighted by Crippen LogP contribution is -2.22. The Morgan fingerprint density at radius 3 is 2.75 bits per heavy atom. The standard InChI is InChI=1S/C18H17ClN4O/c1-12-4-5-13(19)10-16(12)23-9-6-15-14(17(23)24)11-20-18(21-15)22-7-2-3-8-22/h4-6,9-11H,2-3,7-8H2,1H3. The molecule has 3 aromatic rings. The molecular weight excluding hydrogens is 324 g/mol. The summed E-state index contributed by atoms with van der Waals surface area (Å²) in [6, 6.07) is 7.38. The lowest BCUT2D eigenvalue weighted by molar-refractivity contribution is 0.904. The van der Waals surface area contributed by atoms with Crippen molar-refractivity contribution in [1.29, 1.82) is 0 Å². The number of benzene rings is 1. The Balaban J connectivity index is 1.85. The molecule has 1 aliphatic rings. The molecule has 0 radical (unpaired) electrons. The molecule has 122 valence electrons. The normalized spacial score (nSPS) is 14.5. The van der Waals surface area contributed by atoms with Gasteiger partial charge in [0.05, 0.1) is 16.6 Å². The van der Waals surface area contributed by atoms with Gasteiger partial charge in [0.2, 0.25) is 5.95 Å². The van der Waals surface area contributed by atoms with Gasteiger partial charge in [-0.15, -0.1) is 0 Å². The molecule has 0 atom stereocenters. The second-order valence-corrected chi connectivity index (χ2v) is 6.52. The largest absolute Gasteiger partial charge is 0.341 e. The lowest BCUT2D eigenvalue weighted by Gasteiger charge is -2.15. The molecule has 2 aromatic heterocycles. The van der Waals surface area contributed by atoms with Crippen molar-refractivity contribution in [2.24, 2.45) is 0 Å². The van der Waals surface area contributed by atoms with Crippen LogP contribution in [-0.2, 0) is 0 Å². The molecule has 3 heterocycles. The summed E-state index contributed by atoms with van der Waals surface area (Å²) in [5, 5.41) is 1.11. The minimum atomic E-state index is -0.133. The second-order valence-electron chi connectivity index (χ2n) is 6.08. The maximum Gasteiger partial charge on any atom is 0.266 e. The summed E-state index contributed by atoms with van der Waals surface area (Å²) >= 11 is 6.09. The molecule has 4 rings (SSSR count). The summed E-state index contributed by atoms with van der Waals surface area (Å²) in [7, 11) is 0. The molecule has 24 heavy (non-hydrogen) atoms. The van der Waals surface area contributed by atoms with Gasteiger partial charge in [-0.2, -0.15) is 0 Å². The fraction of sp³-hybridized carbons (Fsp3) is 0.278. The molecule has 0 N–H and O–H groups in total. The van der Waals surface area contributed by atoms with Crippen LogP contribution in [0.15, 0.2) is 41.5 Å². The van der Waals surface area contributed by atoms with Gasteiger partial charge in [-0.05, 0) is 43.5 Å². The first-order valence-electron chi connectivity index (χ1n) is 8.03. The maximum absolute atomic E-state index is 12.9. The van der Waals surface area contributed by atoms with Crippen molar-refractivity contribution >= 4 is 28.5 Å². The molecule has 0 aliphatic carbocycles. The molecule has 0 bridgehead atoms. The van der Waals surface area contributed by atoms with Gasteiger partial charge in [0.1, 0.15) is 0 Å². The Bertz CT molecular complexity index is 976. The summed E-state index contributed by atoms with van der Waals surface area (Å²) in [6.07, 6.45) is 5.72. The van der Waals surface area contributed by atoms with Gasteiger partial charge in [0.25, 0.3) is 5.56 Å². The van der Waals surface area contributed by atoms with Crippen molar-refractivity contribution in [2.75, 3.05) is 18.0 Å². The molecule has 0 amide bonds. The molecule has 1 aromatic carbocycles. The van der Waals surface area contributed by atoms with E-state index in [-0.39, 0.29) is 5.56 Å². The molecule has 6 heteroatoms. The number of fused-ring (bicyclic) bond motifs is 1. The number of hydrogen-bond donors (Lipinski definition) is 0. The van der Waals surface area contributed by atoms with Gasteiger partial charge in [-0.1, -0.05) is 17.7 Å². The average molecular weight is 341 g/mol. The number of halogens is 1. The highest BCUT2D eigenvalue weighted by atomic mass is 35.5. The van der Waals surface area contributed by atoms with Crippen molar-refractivity contribution in [3.63, 3.8) is 0 Å². The Labute approximate surface area is 144 Å². The predicted molar refractivity (Wildman–Crippen MR) is 96.3 cm³/mol. The Morgan fingerprint density at radius 1 is 1.17 bits per heavy atom. The van der Waals surface area contributed by atoms with Crippen LogP contribution < -0.4 is 10.5 Å². The second kappa shape index (κ2) is 5.91. The number of pyridine rings is 1. The van der Waals surface area contributed by atoms with E-state index in [9.17, 15) is 4.79 Å². The fourth-order valence-electron chi connectivity index (χ4n) is 3.12.